The molecule has 1 aromatic heterocycles. The lowest BCUT2D eigenvalue weighted by molar-refractivity contribution is -0.0172. The van der Waals surface area contributed by atoms with E-state index in [4.69, 9.17) is 19.2 Å². The molecule has 1 aromatic carbocycles. The highest BCUT2D eigenvalue weighted by Gasteiger charge is 2.22. The third kappa shape index (κ3) is 6.07. The van der Waals surface area contributed by atoms with Gasteiger partial charge in [-0.3, -0.25) is 4.99 Å². The smallest absolute Gasteiger partial charge is 0.191 e. The zero-order valence-corrected chi connectivity index (χ0v) is 20.7. The second-order valence-corrected chi connectivity index (χ2v) is 7.61. The van der Waals surface area contributed by atoms with Gasteiger partial charge in [-0.1, -0.05) is 0 Å². The Bertz CT molecular complexity index is 938. The molecular weight excluding hydrogens is 530 g/mol. The van der Waals surface area contributed by atoms with Crippen molar-refractivity contribution in [2.24, 2.45) is 4.99 Å². The van der Waals surface area contributed by atoms with Crippen molar-refractivity contribution in [3.63, 3.8) is 0 Å². The zero-order valence-electron chi connectivity index (χ0n) is 18.4. The first-order valence-corrected chi connectivity index (χ1v) is 10.6. The van der Waals surface area contributed by atoms with Crippen molar-refractivity contribution in [1.29, 1.82) is 0 Å². The number of nitrogens with zero attached hydrogens (tertiary/aromatic N) is 4. The fourth-order valence-corrected chi connectivity index (χ4v) is 3.91. The Hall–Kier alpha value is -1.99. The molecule has 2 aromatic rings. The van der Waals surface area contributed by atoms with Gasteiger partial charge >= 0.3 is 0 Å². The van der Waals surface area contributed by atoms with Gasteiger partial charge in [0.1, 0.15) is 24.0 Å². The summed E-state index contributed by atoms with van der Waals surface area (Å²) in [5.74, 6) is 2.88. The summed E-state index contributed by atoms with van der Waals surface area (Å²) in [4.78, 5) is 9.21. The van der Waals surface area contributed by atoms with Crippen molar-refractivity contribution in [2.45, 2.75) is 52.0 Å². The third-order valence-corrected chi connectivity index (χ3v) is 5.26. The van der Waals surface area contributed by atoms with E-state index in [2.05, 4.69) is 20.7 Å². The van der Waals surface area contributed by atoms with Crippen molar-refractivity contribution in [3.8, 4) is 5.75 Å². The SMILES string of the molecule is CCNC(=NCCc1cc(F)cc2c1OCOC2)NC1CCc2nc(COC)nn2C1.I. The van der Waals surface area contributed by atoms with Gasteiger partial charge in [0.25, 0.3) is 0 Å². The molecule has 176 valence electrons. The molecule has 3 heterocycles. The molecule has 0 saturated heterocycles. The molecule has 11 heteroatoms. The molecule has 4 rings (SSSR count). The van der Waals surface area contributed by atoms with Crippen LogP contribution in [0.1, 0.15) is 36.1 Å². The van der Waals surface area contributed by atoms with Crippen LogP contribution in [0, 0.1) is 5.82 Å². The van der Waals surface area contributed by atoms with Gasteiger partial charge in [0, 0.05) is 38.2 Å². The number of fused-ring (bicyclic) bond motifs is 2. The van der Waals surface area contributed by atoms with Crippen LogP contribution in [0.15, 0.2) is 17.1 Å². The Morgan fingerprint density at radius 1 is 1.41 bits per heavy atom. The largest absolute Gasteiger partial charge is 0.467 e. The minimum Gasteiger partial charge on any atom is -0.467 e. The maximum absolute atomic E-state index is 13.9. The summed E-state index contributed by atoms with van der Waals surface area (Å²) in [6.45, 7) is 4.99. The lowest BCUT2D eigenvalue weighted by Crippen LogP contribution is -2.47. The molecule has 1 unspecified atom stereocenters. The van der Waals surface area contributed by atoms with Gasteiger partial charge in [-0.2, -0.15) is 5.10 Å². The predicted molar refractivity (Wildman–Crippen MR) is 128 cm³/mol. The van der Waals surface area contributed by atoms with Crippen molar-refractivity contribution in [3.05, 3.63) is 40.7 Å². The normalized spacial score (nSPS) is 17.6. The van der Waals surface area contributed by atoms with E-state index in [1.54, 1.807) is 7.11 Å². The summed E-state index contributed by atoms with van der Waals surface area (Å²) in [6.07, 6.45) is 2.37. The number of hydrogen-bond acceptors (Lipinski definition) is 6. The molecule has 2 N–H and O–H groups in total. The van der Waals surface area contributed by atoms with Gasteiger partial charge in [0.15, 0.2) is 18.6 Å². The van der Waals surface area contributed by atoms with Crippen LogP contribution in [0.25, 0.3) is 0 Å². The average molecular weight is 560 g/mol. The Balaban J connectivity index is 0.00000289. The molecule has 1 atom stereocenters. The van der Waals surface area contributed by atoms with Gasteiger partial charge in [0.2, 0.25) is 0 Å². The number of rotatable bonds is 7. The monoisotopic (exact) mass is 560 g/mol. The minimum absolute atomic E-state index is 0. The highest BCUT2D eigenvalue weighted by atomic mass is 127. The number of guanidine groups is 1. The summed E-state index contributed by atoms with van der Waals surface area (Å²) < 4.78 is 31.9. The van der Waals surface area contributed by atoms with E-state index < -0.39 is 0 Å². The molecule has 0 aliphatic carbocycles. The van der Waals surface area contributed by atoms with E-state index in [0.29, 0.717) is 32.0 Å². The van der Waals surface area contributed by atoms with E-state index in [1.165, 1.54) is 12.1 Å². The average Bonchev–Trinajstić information content (AvgIpc) is 3.15. The molecule has 0 amide bonds. The maximum atomic E-state index is 13.9. The van der Waals surface area contributed by atoms with E-state index in [-0.39, 0.29) is 42.6 Å². The van der Waals surface area contributed by atoms with E-state index in [9.17, 15) is 4.39 Å². The number of benzene rings is 1. The van der Waals surface area contributed by atoms with Crippen molar-refractivity contribution >= 4 is 29.9 Å². The number of aryl methyl sites for hydroxylation is 1. The summed E-state index contributed by atoms with van der Waals surface area (Å²) >= 11 is 0. The molecule has 0 spiro atoms. The molecule has 0 saturated carbocycles. The Labute approximate surface area is 204 Å². The lowest BCUT2D eigenvalue weighted by Gasteiger charge is -2.25. The number of nitrogens with one attached hydrogen (secondary N) is 2. The molecule has 9 nitrogen and oxygen atoms in total. The summed E-state index contributed by atoms with van der Waals surface area (Å²) in [7, 11) is 1.64. The first kappa shape index (κ1) is 24.6. The summed E-state index contributed by atoms with van der Waals surface area (Å²) in [5.41, 5.74) is 1.56. The second kappa shape index (κ2) is 11.8. The van der Waals surface area contributed by atoms with Crippen LogP contribution in [0.5, 0.6) is 5.75 Å². The number of aliphatic imine (C=N–C) groups is 1. The zero-order chi connectivity index (χ0) is 21.6. The highest BCUT2D eigenvalue weighted by Crippen LogP contribution is 2.29. The van der Waals surface area contributed by atoms with E-state index in [1.807, 2.05) is 11.6 Å². The Kier molecular flexibility index (Phi) is 9.05. The van der Waals surface area contributed by atoms with Crippen LogP contribution in [-0.2, 0) is 42.1 Å². The van der Waals surface area contributed by atoms with Crippen LogP contribution in [0.2, 0.25) is 0 Å². The molecule has 0 bridgehead atoms. The Morgan fingerprint density at radius 3 is 3.09 bits per heavy atom. The van der Waals surface area contributed by atoms with Crippen LogP contribution >= 0.6 is 24.0 Å². The number of aromatic nitrogens is 3. The second-order valence-electron chi connectivity index (χ2n) is 7.61. The number of hydrogen-bond donors (Lipinski definition) is 2. The van der Waals surface area contributed by atoms with Gasteiger partial charge in [0.05, 0.1) is 13.2 Å². The van der Waals surface area contributed by atoms with Crippen molar-refractivity contribution in [1.82, 2.24) is 25.4 Å². The summed E-state index contributed by atoms with van der Waals surface area (Å²) in [6, 6.07) is 3.18. The van der Waals surface area contributed by atoms with Crippen LogP contribution in [0.3, 0.4) is 0 Å². The van der Waals surface area contributed by atoms with Crippen molar-refractivity contribution < 1.29 is 18.6 Å². The Morgan fingerprint density at radius 2 is 2.28 bits per heavy atom. The third-order valence-electron chi connectivity index (χ3n) is 5.26. The summed E-state index contributed by atoms with van der Waals surface area (Å²) in [5, 5.41) is 11.3. The number of halogens is 2. The fourth-order valence-electron chi connectivity index (χ4n) is 3.91. The van der Waals surface area contributed by atoms with Gasteiger partial charge in [-0.25, -0.2) is 14.1 Å². The van der Waals surface area contributed by atoms with Crippen LogP contribution in [-0.4, -0.2) is 53.8 Å². The van der Waals surface area contributed by atoms with E-state index in [0.717, 1.165) is 54.6 Å². The number of ether oxygens (including phenoxy) is 3. The van der Waals surface area contributed by atoms with Gasteiger partial charge in [-0.15, -0.1) is 24.0 Å². The van der Waals surface area contributed by atoms with Gasteiger partial charge < -0.3 is 24.8 Å². The van der Waals surface area contributed by atoms with Crippen LogP contribution < -0.4 is 15.4 Å². The molecule has 2 aliphatic heterocycles. The highest BCUT2D eigenvalue weighted by molar-refractivity contribution is 14.0. The molecule has 32 heavy (non-hydrogen) atoms. The topological polar surface area (TPSA) is 94.8 Å². The standard InChI is InChI=1S/C21H29FN6O3.HI/c1-3-23-21(25-17-4-5-19-26-18(12-29-2)27-28(19)10-17)24-7-6-14-8-16(22)9-15-11-30-13-31-20(14)15;/h8-9,17H,3-7,10-13H2,1-2H3,(H2,23,24,25);1H. The van der Waals surface area contributed by atoms with Gasteiger partial charge in [-0.05, 0) is 37.5 Å². The van der Waals surface area contributed by atoms with Crippen LogP contribution in [0.4, 0.5) is 4.39 Å². The predicted octanol–water partition coefficient (Wildman–Crippen LogP) is 2.16. The van der Waals surface area contributed by atoms with Crippen molar-refractivity contribution in [2.75, 3.05) is 27.0 Å². The molecular formula is C21H30FIN6O3. The quantitative estimate of drug-likeness (QED) is 0.305. The molecule has 2 aliphatic rings. The fraction of sp³-hybridized carbons (Fsp3) is 0.571. The maximum Gasteiger partial charge on any atom is 0.191 e. The molecule has 0 fully saturated rings. The first-order valence-electron chi connectivity index (χ1n) is 10.6. The van der Waals surface area contributed by atoms with E-state index >= 15 is 0 Å². The molecule has 0 radical (unpaired) electrons. The first-order chi connectivity index (χ1) is 15.2. The minimum atomic E-state index is -0.282. The number of methoxy groups -OCH3 is 1. The lowest BCUT2D eigenvalue weighted by atomic mass is 10.1.